The quantitative estimate of drug-likeness (QED) is 0.796. The maximum atomic E-state index is 8.94. The lowest BCUT2D eigenvalue weighted by Gasteiger charge is -2.20. The molecule has 5 nitrogen and oxygen atoms in total. The van der Waals surface area contributed by atoms with Gasteiger partial charge in [-0.15, -0.1) is 0 Å². The number of β-amino-alcohol motifs (C(OH)–C–C–N with tert-alkyl or cyclic N) is 1. The molecule has 0 amide bonds. The summed E-state index contributed by atoms with van der Waals surface area (Å²) in [4.78, 5) is 13.1. The fraction of sp³-hybridized carbons (Fsp3) is 0.667. The second-order valence-electron chi connectivity index (χ2n) is 4.39. The molecule has 1 N–H and O–H groups in total. The summed E-state index contributed by atoms with van der Waals surface area (Å²) in [6.07, 6.45) is 6.43. The van der Waals surface area contributed by atoms with Crippen molar-refractivity contribution >= 4 is 0 Å². The molecule has 1 saturated heterocycles. The summed E-state index contributed by atoms with van der Waals surface area (Å²) in [7, 11) is 0. The van der Waals surface area contributed by atoms with Gasteiger partial charge in [0.1, 0.15) is 0 Å². The van der Waals surface area contributed by atoms with Gasteiger partial charge in [0.25, 0.3) is 0 Å². The second-order valence-corrected chi connectivity index (χ2v) is 4.39. The smallest absolute Gasteiger partial charge is 0.0726 e. The van der Waals surface area contributed by atoms with Crippen LogP contribution in [0.5, 0.6) is 0 Å². The number of hydrogen-bond acceptors (Lipinski definition) is 5. The van der Waals surface area contributed by atoms with E-state index in [1.165, 1.54) is 0 Å². The summed E-state index contributed by atoms with van der Waals surface area (Å²) in [6, 6.07) is 0. The fourth-order valence-electron chi connectivity index (χ4n) is 2.19. The Morgan fingerprint density at radius 3 is 2.71 bits per heavy atom. The SMILES string of the molecule is OCCN1CCCN(Cc2cnccn2)CC1. The second kappa shape index (κ2) is 6.64. The Morgan fingerprint density at radius 1 is 1.12 bits per heavy atom. The minimum atomic E-state index is 0.254. The van der Waals surface area contributed by atoms with Gasteiger partial charge in [-0.1, -0.05) is 0 Å². The predicted octanol–water partition coefficient (Wildman–Crippen LogP) is -0.0234. The topological polar surface area (TPSA) is 52.5 Å². The van der Waals surface area contributed by atoms with Crippen molar-refractivity contribution in [2.75, 3.05) is 39.3 Å². The van der Waals surface area contributed by atoms with Crippen LogP contribution in [-0.4, -0.2) is 64.2 Å². The molecule has 1 fully saturated rings. The highest BCUT2D eigenvalue weighted by Crippen LogP contribution is 2.06. The van der Waals surface area contributed by atoms with Crippen molar-refractivity contribution in [2.45, 2.75) is 13.0 Å². The normalized spacial score (nSPS) is 19.1. The molecule has 17 heavy (non-hydrogen) atoms. The van der Waals surface area contributed by atoms with Crippen LogP contribution in [0, 0.1) is 0 Å². The molecule has 2 rings (SSSR count). The molecule has 1 aromatic heterocycles. The highest BCUT2D eigenvalue weighted by atomic mass is 16.3. The van der Waals surface area contributed by atoms with Gasteiger partial charge in [-0.25, -0.2) is 0 Å². The van der Waals surface area contributed by atoms with Crippen molar-refractivity contribution in [1.29, 1.82) is 0 Å². The van der Waals surface area contributed by atoms with Crippen molar-refractivity contribution in [2.24, 2.45) is 0 Å². The maximum Gasteiger partial charge on any atom is 0.0726 e. The van der Waals surface area contributed by atoms with E-state index in [4.69, 9.17) is 5.11 Å². The number of nitrogens with zero attached hydrogens (tertiary/aromatic N) is 4. The van der Waals surface area contributed by atoms with Gasteiger partial charge in [0, 0.05) is 44.8 Å². The summed E-state index contributed by atoms with van der Waals surface area (Å²) in [5.74, 6) is 0. The van der Waals surface area contributed by atoms with E-state index in [1.54, 1.807) is 12.4 Å². The van der Waals surface area contributed by atoms with E-state index >= 15 is 0 Å². The third-order valence-electron chi connectivity index (χ3n) is 3.10. The van der Waals surface area contributed by atoms with E-state index in [1.807, 2.05) is 6.20 Å². The first kappa shape index (κ1) is 12.4. The van der Waals surface area contributed by atoms with Gasteiger partial charge < -0.3 is 5.11 Å². The van der Waals surface area contributed by atoms with Crippen molar-refractivity contribution in [1.82, 2.24) is 19.8 Å². The van der Waals surface area contributed by atoms with E-state index in [2.05, 4.69) is 19.8 Å². The minimum absolute atomic E-state index is 0.254. The Hall–Kier alpha value is -1.04. The molecule has 5 heteroatoms. The molecule has 0 atom stereocenters. The van der Waals surface area contributed by atoms with Crippen LogP contribution in [0.1, 0.15) is 12.1 Å². The van der Waals surface area contributed by atoms with Crippen LogP contribution in [0.15, 0.2) is 18.6 Å². The fourth-order valence-corrected chi connectivity index (χ4v) is 2.19. The monoisotopic (exact) mass is 236 g/mol. The van der Waals surface area contributed by atoms with E-state index in [9.17, 15) is 0 Å². The maximum absolute atomic E-state index is 8.94. The average molecular weight is 236 g/mol. The van der Waals surface area contributed by atoms with E-state index in [0.29, 0.717) is 0 Å². The van der Waals surface area contributed by atoms with Gasteiger partial charge >= 0.3 is 0 Å². The third kappa shape index (κ3) is 4.03. The molecular weight excluding hydrogens is 216 g/mol. The molecule has 0 unspecified atom stereocenters. The van der Waals surface area contributed by atoms with E-state index < -0.39 is 0 Å². The number of aromatic nitrogens is 2. The molecule has 0 radical (unpaired) electrons. The molecule has 0 spiro atoms. The molecule has 1 aliphatic heterocycles. The zero-order chi connectivity index (χ0) is 11.9. The molecule has 2 heterocycles. The molecule has 0 saturated carbocycles. The lowest BCUT2D eigenvalue weighted by molar-refractivity contribution is 0.195. The Bertz CT molecular complexity index is 320. The largest absolute Gasteiger partial charge is 0.395 e. The zero-order valence-corrected chi connectivity index (χ0v) is 10.1. The van der Waals surface area contributed by atoms with Crippen molar-refractivity contribution < 1.29 is 5.11 Å². The molecule has 0 bridgehead atoms. The lowest BCUT2D eigenvalue weighted by Crippen LogP contribution is -2.32. The van der Waals surface area contributed by atoms with E-state index in [-0.39, 0.29) is 6.61 Å². The van der Waals surface area contributed by atoms with Gasteiger partial charge in [-0.3, -0.25) is 19.8 Å². The van der Waals surface area contributed by atoms with E-state index in [0.717, 1.165) is 51.4 Å². The number of rotatable bonds is 4. The summed E-state index contributed by atoms with van der Waals surface area (Å²) >= 11 is 0. The first-order chi connectivity index (χ1) is 8.38. The Kier molecular flexibility index (Phi) is 4.85. The van der Waals surface area contributed by atoms with Crippen LogP contribution < -0.4 is 0 Å². The van der Waals surface area contributed by atoms with Crippen molar-refractivity contribution in [3.8, 4) is 0 Å². The lowest BCUT2D eigenvalue weighted by atomic mass is 10.3. The molecule has 1 aromatic rings. The Labute approximate surface area is 102 Å². The Morgan fingerprint density at radius 2 is 1.94 bits per heavy atom. The van der Waals surface area contributed by atoms with Crippen molar-refractivity contribution in [3.05, 3.63) is 24.3 Å². The third-order valence-corrected chi connectivity index (χ3v) is 3.10. The summed E-state index contributed by atoms with van der Waals surface area (Å²) < 4.78 is 0. The molecular formula is C12H20N4O. The molecule has 94 valence electrons. The van der Waals surface area contributed by atoms with Crippen LogP contribution in [0.3, 0.4) is 0 Å². The van der Waals surface area contributed by atoms with Crippen LogP contribution >= 0.6 is 0 Å². The Balaban J connectivity index is 1.83. The van der Waals surface area contributed by atoms with Crippen LogP contribution in [0.4, 0.5) is 0 Å². The first-order valence-corrected chi connectivity index (χ1v) is 6.19. The van der Waals surface area contributed by atoms with Gasteiger partial charge in [-0.2, -0.15) is 0 Å². The highest BCUT2D eigenvalue weighted by molar-refractivity contribution is 4.94. The average Bonchev–Trinajstić information content (AvgIpc) is 2.57. The van der Waals surface area contributed by atoms with Crippen LogP contribution in [-0.2, 0) is 6.54 Å². The molecule has 0 aromatic carbocycles. The van der Waals surface area contributed by atoms with Crippen molar-refractivity contribution in [3.63, 3.8) is 0 Å². The minimum Gasteiger partial charge on any atom is -0.395 e. The number of aliphatic hydroxyl groups excluding tert-OH is 1. The summed E-state index contributed by atoms with van der Waals surface area (Å²) in [6.45, 7) is 6.16. The van der Waals surface area contributed by atoms with Gasteiger partial charge in [0.2, 0.25) is 0 Å². The zero-order valence-electron chi connectivity index (χ0n) is 10.1. The number of hydrogen-bond donors (Lipinski definition) is 1. The number of aliphatic hydroxyl groups is 1. The summed E-state index contributed by atoms with van der Waals surface area (Å²) in [5.41, 5.74) is 1.03. The van der Waals surface area contributed by atoms with Crippen LogP contribution in [0.2, 0.25) is 0 Å². The summed E-state index contributed by atoms with van der Waals surface area (Å²) in [5, 5.41) is 8.94. The standard InChI is InChI=1S/C12H20N4O/c17-9-8-15-4-1-5-16(7-6-15)11-12-10-13-2-3-14-12/h2-3,10,17H,1,4-9,11H2. The van der Waals surface area contributed by atoms with Gasteiger partial charge in [-0.05, 0) is 19.5 Å². The van der Waals surface area contributed by atoms with Gasteiger partial charge in [0.05, 0.1) is 12.3 Å². The first-order valence-electron chi connectivity index (χ1n) is 6.19. The highest BCUT2D eigenvalue weighted by Gasteiger charge is 2.14. The van der Waals surface area contributed by atoms with Crippen LogP contribution in [0.25, 0.3) is 0 Å². The molecule has 0 aliphatic carbocycles. The molecule has 1 aliphatic rings. The predicted molar refractivity (Wildman–Crippen MR) is 65.5 cm³/mol. The van der Waals surface area contributed by atoms with Gasteiger partial charge in [0.15, 0.2) is 0 Å².